The summed E-state index contributed by atoms with van der Waals surface area (Å²) in [7, 11) is 1.57. The number of nitrogens with zero attached hydrogens (tertiary/aromatic N) is 1. The summed E-state index contributed by atoms with van der Waals surface area (Å²) in [5, 5.41) is 0. The Kier molecular flexibility index (Phi) is 8.05. The highest BCUT2D eigenvalue weighted by molar-refractivity contribution is 5.81. The number of methoxy groups -OCH3 is 1. The van der Waals surface area contributed by atoms with E-state index in [9.17, 15) is 9.59 Å². The molecule has 6 heteroatoms. The van der Waals surface area contributed by atoms with E-state index >= 15 is 0 Å². The van der Waals surface area contributed by atoms with Gasteiger partial charge in [-0.3, -0.25) is 4.79 Å². The third-order valence-corrected chi connectivity index (χ3v) is 4.56. The van der Waals surface area contributed by atoms with Gasteiger partial charge in [-0.2, -0.15) is 0 Å². The van der Waals surface area contributed by atoms with Crippen molar-refractivity contribution in [3.8, 4) is 11.5 Å². The van der Waals surface area contributed by atoms with E-state index < -0.39 is 5.97 Å². The van der Waals surface area contributed by atoms with Crippen LogP contribution in [-0.4, -0.2) is 37.1 Å². The Balaban J connectivity index is 1.53. The lowest BCUT2D eigenvalue weighted by atomic mass is 10.1. The Morgan fingerprint density at radius 2 is 1.23 bits per heavy atom. The van der Waals surface area contributed by atoms with Crippen molar-refractivity contribution in [2.24, 2.45) is 0 Å². The molecule has 0 radical (unpaired) electrons. The molecule has 0 saturated carbocycles. The van der Waals surface area contributed by atoms with Gasteiger partial charge < -0.3 is 19.1 Å². The highest BCUT2D eigenvalue weighted by atomic mass is 16.6. The number of hydrogen-bond acceptors (Lipinski definition) is 5. The molecule has 6 nitrogen and oxygen atoms in total. The minimum absolute atomic E-state index is 0.273. The maximum Gasteiger partial charge on any atom is 0.344 e. The molecule has 0 spiro atoms. The van der Waals surface area contributed by atoms with Crippen molar-refractivity contribution in [3.05, 3.63) is 96.1 Å². The topological polar surface area (TPSA) is 65.1 Å². The quantitative estimate of drug-likeness (QED) is 0.467. The molecule has 0 unspecified atom stereocenters. The number of rotatable bonds is 10. The second-order valence-electron chi connectivity index (χ2n) is 6.85. The van der Waals surface area contributed by atoms with Crippen molar-refractivity contribution in [3.63, 3.8) is 0 Å². The monoisotopic (exact) mass is 419 g/mol. The first-order chi connectivity index (χ1) is 15.1. The van der Waals surface area contributed by atoms with Crippen LogP contribution >= 0.6 is 0 Å². The first-order valence-corrected chi connectivity index (χ1v) is 9.92. The van der Waals surface area contributed by atoms with E-state index in [1.807, 2.05) is 60.7 Å². The van der Waals surface area contributed by atoms with Crippen molar-refractivity contribution >= 4 is 11.9 Å². The van der Waals surface area contributed by atoms with Crippen molar-refractivity contribution in [1.29, 1.82) is 0 Å². The second-order valence-corrected chi connectivity index (χ2v) is 6.85. The van der Waals surface area contributed by atoms with Crippen LogP contribution in [0, 0.1) is 0 Å². The van der Waals surface area contributed by atoms with Crippen LogP contribution < -0.4 is 9.47 Å². The molecule has 0 aliphatic carbocycles. The van der Waals surface area contributed by atoms with Crippen molar-refractivity contribution in [2.75, 3.05) is 20.3 Å². The summed E-state index contributed by atoms with van der Waals surface area (Å²) in [4.78, 5) is 26.5. The van der Waals surface area contributed by atoms with Crippen LogP contribution in [0.4, 0.5) is 0 Å². The maximum atomic E-state index is 12.8. The molecule has 31 heavy (non-hydrogen) atoms. The van der Waals surface area contributed by atoms with Gasteiger partial charge in [0.25, 0.3) is 5.91 Å². The zero-order valence-corrected chi connectivity index (χ0v) is 17.4. The highest BCUT2D eigenvalue weighted by Gasteiger charge is 2.17. The molecule has 0 fully saturated rings. The van der Waals surface area contributed by atoms with Gasteiger partial charge in [-0.25, -0.2) is 4.79 Å². The van der Waals surface area contributed by atoms with Crippen LogP contribution in [0.5, 0.6) is 11.5 Å². The number of hydrogen-bond donors (Lipinski definition) is 0. The standard InChI is InChI=1S/C25H25NO5/c1-29-22-12-14-23(15-13-22)30-19-25(28)31-18-24(27)26(16-20-8-4-2-5-9-20)17-21-10-6-3-7-11-21/h2-15H,16-19H2,1H3. The number of ether oxygens (including phenoxy) is 3. The summed E-state index contributed by atoms with van der Waals surface area (Å²) in [6.45, 7) is 0.227. The summed E-state index contributed by atoms with van der Waals surface area (Å²) < 4.78 is 15.6. The first kappa shape index (κ1) is 21.9. The van der Waals surface area contributed by atoms with Crippen LogP contribution in [0.3, 0.4) is 0 Å². The minimum atomic E-state index is -0.608. The lowest BCUT2D eigenvalue weighted by Gasteiger charge is -2.23. The maximum absolute atomic E-state index is 12.8. The van der Waals surface area contributed by atoms with Crippen LogP contribution in [0.2, 0.25) is 0 Å². The summed E-state index contributed by atoms with van der Waals surface area (Å²) in [5.74, 6) is 0.324. The van der Waals surface area contributed by atoms with Gasteiger partial charge >= 0.3 is 5.97 Å². The van der Waals surface area contributed by atoms with Gasteiger partial charge in [0.05, 0.1) is 7.11 Å². The molecule has 0 aliphatic rings. The molecule has 0 aromatic heterocycles. The predicted octanol–water partition coefficient (Wildman–Crippen LogP) is 3.85. The minimum Gasteiger partial charge on any atom is -0.497 e. The Morgan fingerprint density at radius 3 is 1.74 bits per heavy atom. The van der Waals surface area contributed by atoms with Gasteiger partial charge in [-0.15, -0.1) is 0 Å². The van der Waals surface area contributed by atoms with Gasteiger partial charge in [0.1, 0.15) is 11.5 Å². The van der Waals surface area contributed by atoms with Crippen molar-refractivity contribution in [1.82, 2.24) is 4.90 Å². The van der Waals surface area contributed by atoms with E-state index in [0.29, 0.717) is 24.6 Å². The first-order valence-electron chi connectivity index (χ1n) is 9.92. The number of carbonyl (C=O) groups excluding carboxylic acids is 2. The van der Waals surface area contributed by atoms with E-state index in [2.05, 4.69) is 0 Å². The van der Waals surface area contributed by atoms with Gasteiger partial charge in [0.15, 0.2) is 13.2 Å². The smallest absolute Gasteiger partial charge is 0.344 e. The lowest BCUT2D eigenvalue weighted by Crippen LogP contribution is -2.34. The normalized spacial score (nSPS) is 10.2. The molecule has 0 heterocycles. The molecular weight excluding hydrogens is 394 g/mol. The molecule has 0 aliphatic heterocycles. The number of carbonyl (C=O) groups is 2. The Labute approximate surface area is 182 Å². The van der Waals surface area contributed by atoms with Crippen LogP contribution in [0.15, 0.2) is 84.9 Å². The average molecular weight is 419 g/mol. The van der Waals surface area contributed by atoms with Crippen LogP contribution in [-0.2, 0) is 27.4 Å². The van der Waals surface area contributed by atoms with Gasteiger partial charge in [-0.1, -0.05) is 60.7 Å². The highest BCUT2D eigenvalue weighted by Crippen LogP contribution is 2.17. The Morgan fingerprint density at radius 1 is 0.710 bits per heavy atom. The molecule has 1 amide bonds. The SMILES string of the molecule is COc1ccc(OCC(=O)OCC(=O)N(Cc2ccccc2)Cc2ccccc2)cc1. The molecule has 0 saturated heterocycles. The summed E-state index contributed by atoms with van der Waals surface area (Å²) in [6, 6.07) is 26.2. The number of amides is 1. The summed E-state index contributed by atoms with van der Waals surface area (Å²) >= 11 is 0. The van der Waals surface area contributed by atoms with Gasteiger partial charge in [0.2, 0.25) is 0 Å². The number of benzene rings is 3. The molecule has 0 N–H and O–H groups in total. The predicted molar refractivity (Wildman–Crippen MR) is 117 cm³/mol. The zero-order valence-electron chi connectivity index (χ0n) is 17.4. The second kappa shape index (κ2) is 11.4. The number of esters is 1. The fourth-order valence-corrected chi connectivity index (χ4v) is 2.93. The molecule has 3 aromatic carbocycles. The average Bonchev–Trinajstić information content (AvgIpc) is 2.82. The molecule has 0 bridgehead atoms. The molecule has 160 valence electrons. The van der Waals surface area contributed by atoms with E-state index in [1.54, 1.807) is 36.3 Å². The largest absolute Gasteiger partial charge is 0.497 e. The summed E-state index contributed by atoms with van der Waals surface area (Å²) in [6.07, 6.45) is 0. The van der Waals surface area contributed by atoms with Crippen LogP contribution in [0.1, 0.15) is 11.1 Å². The van der Waals surface area contributed by atoms with Crippen molar-refractivity contribution < 1.29 is 23.8 Å². The zero-order chi connectivity index (χ0) is 21.9. The van der Waals surface area contributed by atoms with E-state index in [4.69, 9.17) is 14.2 Å². The fraction of sp³-hybridized carbons (Fsp3) is 0.200. The van der Waals surface area contributed by atoms with E-state index in [-0.39, 0.29) is 19.1 Å². The van der Waals surface area contributed by atoms with E-state index in [0.717, 1.165) is 11.1 Å². The van der Waals surface area contributed by atoms with E-state index in [1.165, 1.54) is 0 Å². The molecular formula is C25H25NO5. The summed E-state index contributed by atoms with van der Waals surface area (Å²) in [5.41, 5.74) is 2.00. The Hall–Kier alpha value is -3.80. The molecule has 3 rings (SSSR count). The third kappa shape index (κ3) is 7.19. The van der Waals surface area contributed by atoms with Gasteiger partial charge in [-0.05, 0) is 35.4 Å². The third-order valence-electron chi connectivity index (χ3n) is 4.56. The van der Waals surface area contributed by atoms with Crippen LogP contribution in [0.25, 0.3) is 0 Å². The molecule has 3 aromatic rings. The van der Waals surface area contributed by atoms with Gasteiger partial charge in [0, 0.05) is 13.1 Å². The Bertz CT molecular complexity index is 917. The fourth-order valence-electron chi connectivity index (χ4n) is 2.93. The van der Waals surface area contributed by atoms with Crippen molar-refractivity contribution in [2.45, 2.75) is 13.1 Å². The molecule has 0 atom stereocenters. The lowest BCUT2D eigenvalue weighted by molar-refractivity contribution is -0.154.